The van der Waals surface area contributed by atoms with Gasteiger partial charge in [-0.1, -0.05) is 19.9 Å². The minimum atomic E-state index is -0.172. The first-order valence-corrected chi connectivity index (χ1v) is 8.26. The Bertz CT molecular complexity index is 593. The standard InChI is InChI=1S/C16H22N2OS/c1-10(2)16-18-13-7-6-11(8-15(13)20-16)9-17-12-4-3-5-14(12)19/h6-8,10,12,14,17,19H,3-5,9H2,1-2H3/t12-,14+/m0/s1. The maximum absolute atomic E-state index is 9.83. The first-order chi connectivity index (χ1) is 9.63. The molecular weight excluding hydrogens is 268 g/mol. The Hall–Kier alpha value is -0.970. The summed E-state index contributed by atoms with van der Waals surface area (Å²) in [5, 5.41) is 14.5. The molecule has 4 heteroatoms. The lowest BCUT2D eigenvalue weighted by Crippen LogP contribution is -2.34. The van der Waals surface area contributed by atoms with Crippen molar-refractivity contribution in [2.75, 3.05) is 0 Å². The molecule has 3 rings (SSSR count). The van der Waals surface area contributed by atoms with Crippen molar-refractivity contribution < 1.29 is 5.11 Å². The molecule has 20 heavy (non-hydrogen) atoms. The summed E-state index contributed by atoms with van der Waals surface area (Å²) in [6, 6.07) is 6.74. The van der Waals surface area contributed by atoms with Crippen LogP contribution >= 0.6 is 11.3 Å². The molecule has 0 saturated heterocycles. The second-order valence-corrected chi connectivity index (χ2v) is 7.06. The van der Waals surface area contributed by atoms with Crippen LogP contribution in [0.3, 0.4) is 0 Å². The maximum Gasteiger partial charge on any atom is 0.0963 e. The Morgan fingerprint density at radius 1 is 1.40 bits per heavy atom. The predicted octanol–water partition coefficient (Wildman–Crippen LogP) is 3.42. The van der Waals surface area contributed by atoms with Crippen molar-refractivity contribution in [1.82, 2.24) is 10.3 Å². The SMILES string of the molecule is CC(C)c1nc2ccc(CN[C@H]3CCC[C@H]3O)cc2s1. The summed E-state index contributed by atoms with van der Waals surface area (Å²) in [7, 11) is 0. The van der Waals surface area contributed by atoms with E-state index in [0.717, 1.165) is 31.3 Å². The van der Waals surface area contributed by atoms with Crippen molar-refractivity contribution in [3.8, 4) is 0 Å². The highest BCUT2D eigenvalue weighted by molar-refractivity contribution is 7.18. The molecule has 1 fully saturated rings. The molecule has 1 aliphatic carbocycles. The van der Waals surface area contributed by atoms with E-state index in [1.165, 1.54) is 15.3 Å². The van der Waals surface area contributed by atoms with E-state index in [1.54, 1.807) is 11.3 Å². The monoisotopic (exact) mass is 290 g/mol. The summed E-state index contributed by atoms with van der Waals surface area (Å²) in [6.07, 6.45) is 2.98. The number of benzene rings is 1. The molecule has 0 radical (unpaired) electrons. The molecule has 1 aromatic carbocycles. The lowest BCUT2D eigenvalue weighted by molar-refractivity contribution is 0.148. The van der Waals surface area contributed by atoms with Crippen molar-refractivity contribution in [1.29, 1.82) is 0 Å². The topological polar surface area (TPSA) is 45.2 Å². The normalized spacial score (nSPS) is 23.0. The predicted molar refractivity (Wildman–Crippen MR) is 84.2 cm³/mol. The molecule has 2 atom stereocenters. The number of aromatic nitrogens is 1. The smallest absolute Gasteiger partial charge is 0.0963 e. The number of nitrogens with zero attached hydrogens (tertiary/aromatic N) is 1. The van der Waals surface area contributed by atoms with Gasteiger partial charge in [-0.15, -0.1) is 11.3 Å². The summed E-state index contributed by atoms with van der Waals surface area (Å²) in [5.41, 5.74) is 2.37. The second kappa shape index (κ2) is 5.80. The zero-order chi connectivity index (χ0) is 14.1. The Morgan fingerprint density at radius 2 is 2.25 bits per heavy atom. The van der Waals surface area contributed by atoms with Crippen LogP contribution in [0.15, 0.2) is 18.2 Å². The van der Waals surface area contributed by atoms with Gasteiger partial charge in [0.25, 0.3) is 0 Å². The highest BCUT2D eigenvalue weighted by Gasteiger charge is 2.24. The fraction of sp³-hybridized carbons (Fsp3) is 0.562. The van der Waals surface area contributed by atoms with Gasteiger partial charge in [0.1, 0.15) is 0 Å². The molecule has 0 unspecified atom stereocenters. The van der Waals surface area contributed by atoms with Crippen LogP contribution < -0.4 is 5.32 Å². The van der Waals surface area contributed by atoms with E-state index < -0.39 is 0 Å². The van der Waals surface area contributed by atoms with Gasteiger partial charge in [0.15, 0.2) is 0 Å². The Labute approximate surface area is 124 Å². The van der Waals surface area contributed by atoms with E-state index in [0.29, 0.717) is 5.92 Å². The molecule has 3 nitrogen and oxygen atoms in total. The number of hydrogen-bond donors (Lipinski definition) is 2. The Morgan fingerprint density at radius 3 is 2.95 bits per heavy atom. The van der Waals surface area contributed by atoms with Crippen LogP contribution in [0.1, 0.15) is 49.6 Å². The molecule has 2 aromatic rings. The van der Waals surface area contributed by atoms with E-state index >= 15 is 0 Å². The fourth-order valence-corrected chi connectivity index (χ4v) is 3.80. The van der Waals surface area contributed by atoms with Crippen LogP contribution in [-0.2, 0) is 6.54 Å². The van der Waals surface area contributed by atoms with Gasteiger partial charge in [-0.3, -0.25) is 0 Å². The summed E-state index contributed by atoms with van der Waals surface area (Å²) in [6.45, 7) is 5.19. The zero-order valence-electron chi connectivity index (χ0n) is 12.1. The number of hydrogen-bond acceptors (Lipinski definition) is 4. The average molecular weight is 290 g/mol. The third-order valence-electron chi connectivity index (χ3n) is 4.01. The van der Waals surface area contributed by atoms with Gasteiger partial charge in [0.05, 0.1) is 21.3 Å². The summed E-state index contributed by atoms with van der Waals surface area (Å²) in [4.78, 5) is 4.66. The number of rotatable bonds is 4. The molecule has 0 amide bonds. The minimum absolute atomic E-state index is 0.172. The van der Waals surface area contributed by atoms with Crippen LogP contribution in [0.2, 0.25) is 0 Å². The highest BCUT2D eigenvalue weighted by Crippen LogP contribution is 2.28. The molecule has 2 N–H and O–H groups in total. The van der Waals surface area contributed by atoms with E-state index in [9.17, 15) is 5.11 Å². The van der Waals surface area contributed by atoms with Gasteiger partial charge in [0.2, 0.25) is 0 Å². The summed E-state index contributed by atoms with van der Waals surface area (Å²) in [5.74, 6) is 0.489. The first-order valence-electron chi connectivity index (χ1n) is 7.44. The van der Waals surface area contributed by atoms with Crippen LogP contribution in [0.25, 0.3) is 10.2 Å². The summed E-state index contributed by atoms with van der Waals surface area (Å²) >= 11 is 1.79. The quantitative estimate of drug-likeness (QED) is 0.907. The van der Waals surface area contributed by atoms with Gasteiger partial charge < -0.3 is 10.4 Å². The van der Waals surface area contributed by atoms with Gasteiger partial charge in [0, 0.05) is 18.5 Å². The molecule has 1 heterocycles. The number of aliphatic hydroxyl groups is 1. The Balaban J connectivity index is 1.72. The fourth-order valence-electron chi connectivity index (χ4n) is 2.77. The van der Waals surface area contributed by atoms with Gasteiger partial charge in [-0.2, -0.15) is 0 Å². The van der Waals surface area contributed by atoms with Crippen LogP contribution in [0, 0.1) is 0 Å². The number of thiazole rings is 1. The lowest BCUT2D eigenvalue weighted by Gasteiger charge is -2.16. The molecule has 108 valence electrons. The van der Waals surface area contributed by atoms with Crippen molar-refractivity contribution in [2.24, 2.45) is 0 Å². The van der Waals surface area contributed by atoms with Crippen LogP contribution in [0.4, 0.5) is 0 Å². The van der Waals surface area contributed by atoms with Crippen molar-refractivity contribution in [3.63, 3.8) is 0 Å². The number of aliphatic hydroxyl groups excluding tert-OH is 1. The highest BCUT2D eigenvalue weighted by atomic mass is 32.1. The summed E-state index contributed by atoms with van der Waals surface area (Å²) < 4.78 is 1.26. The van der Waals surface area contributed by atoms with Crippen molar-refractivity contribution in [2.45, 2.75) is 57.7 Å². The number of nitrogens with one attached hydrogen (secondary N) is 1. The molecular formula is C16H22N2OS. The van der Waals surface area contributed by atoms with Crippen LogP contribution in [0.5, 0.6) is 0 Å². The first kappa shape index (κ1) is 14.0. The number of fused-ring (bicyclic) bond motifs is 1. The van der Waals surface area contributed by atoms with Gasteiger partial charge >= 0.3 is 0 Å². The van der Waals surface area contributed by atoms with E-state index in [-0.39, 0.29) is 12.1 Å². The van der Waals surface area contributed by atoms with E-state index in [4.69, 9.17) is 0 Å². The molecule has 0 spiro atoms. The lowest BCUT2D eigenvalue weighted by atomic mass is 10.1. The molecule has 0 bridgehead atoms. The van der Waals surface area contributed by atoms with Gasteiger partial charge in [-0.25, -0.2) is 4.98 Å². The largest absolute Gasteiger partial charge is 0.392 e. The van der Waals surface area contributed by atoms with E-state index in [2.05, 4.69) is 42.3 Å². The molecule has 0 aliphatic heterocycles. The molecule has 1 saturated carbocycles. The minimum Gasteiger partial charge on any atom is -0.392 e. The Kier molecular flexibility index (Phi) is 4.06. The third-order valence-corrected chi connectivity index (χ3v) is 5.33. The van der Waals surface area contributed by atoms with Crippen molar-refractivity contribution >= 4 is 21.6 Å². The molecule has 1 aliphatic rings. The zero-order valence-corrected chi connectivity index (χ0v) is 12.9. The second-order valence-electron chi connectivity index (χ2n) is 5.99. The average Bonchev–Trinajstić information content (AvgIpc) is 3.01. The van der Waals surface area contributed by atoms with Crippen molar-refractivity contribution in [3.05, 3.63) is 28.8 Å². The van der Waals surface area contributed by atoms with Crippen LogP contribution in [-0.4, -0.2) is 22.2 Å². The maximum atomic E-state index is 9.83. The van der Waals surface area contributed by atoms with E-state index in [1.807, 2.05) is 0 Å². The third kappa shape index (κ3) is 2.87. The van der Waals surface area contributed by atoms with Gasteiger partial charge in [-0.05, 0) is 37.0 Å². The molecule has 1 aromatic heterocycles.